The van der Waals surface area contributed by atoms with Crippen LogP contribution in [0.3, 0.4) is 0 Å². The smallest absolute Gasteiger partial charge is 0.0473 e. The molecular weight excluding hydrogens is 230 g/mol. The molecule has 0 spiro atoms. The van der Waals surface area contributed by atoms with E-state index in [1.54, 1.807) is 0 Å². The summed E-state index contributed by atoms with van der Waals surface area (Å²) >= 11 is 0. The molecule has 2 aromatic rings. The molecule has 0 fully saturated rings. The van der Waals surface area contributed by atoms with Crippen molar-refractivity contribution in [2.45, 2.75) is 13.8 Å². The average molecular weight is 247 g/mol. The fourth-order valence-electron chi connectivity index (χ4n) is 2.25. The molecule has 3 rings (SSSR count). The van der Waals surface area contributed by atoms with E-state index in [-0.39, 0.29) is 7.43 Å². The van der Waals surface area contributed by atoms with Gasteiger partial charge in [-0.25, -0.2) is 0 Å². The highest BCUT2D eigenvalue weighted by atomic mass is 14.7. The van der Waals surface area contributed by atoms with Gasteiger partial charge in [-0.3, -0.25) is 4.99 Å². The van der Waals surface area contributed by atoms with Gasteiger partial charge in [-0.15, -0.1) is 0 Å². The lowest BCUT2D eigenvalue weighted by Crippen LogP contribution is -2.10. The molecule has 1 nitrogen and oxygen atoms in total. The van der Waals surface area contributed by atoms with E-state index < -0.39 is 0 Å². The third-order valence-electron chi connectivity index (χ3n) is 3.21. The average Bonchev–Trinajstić information content (AvgIpc) is 2.41. The number of nitrogens with zero attached hydrogens (tertiary/aromatic N) is 1. The molecule has 0 saturated carbocycles. The maximum Gasteiger partial charge on any atom is 0.0473 e. The minimum absolute atomic E-state index is 0. The van der Waals surface area contributed by atoms with Gasteiger partial charge < -0.3 is 0 Å². The Hall–Kier alpha value is -2.33. The topological polar surface area (TPSA) is 12.4 Å². The van der Waals surface area contributed by atoms with Crippen LogP contribution >= 0.6 is 0 Å². The van der Waals surface area contributed by atoms with Gasteiger partial charge in [-0.05, 0) is 17.7 Å². The largest absolute Gasteiger partial charge is 0.292 e. The zero-order valence-electron chi connectivity index (χ0n) is 10.3. The maximum absolute atomic E-state index is 4.44. The Bertz CT molecular complexity index is 684. The molecule has 0 saturated heterocycles. The molecule has 0 unspecified atom stereocenters. The number of rotatable bonds is 0. The van der Waals surface area contributed by atoms with Crippen LogP contribution in [-0.4, -0.2) is 12.8 Å². The Labute approximate surface area is 115 Å². The van der Waals surface area contributed by atoms with E-state index >= 15 is 0 Å². The highest BCUT2D eigenvalue weighted by Gasteiger charge is 2.12. The van der Waals surface area contributed by atoms with Crippen LogP contribution in [0.25, 0.3) is 0 Å². The van der Waals surface area contributed by atoms with Gasteiger partial charge in [0.1, 0.15) is 0 Å². The summed E-state index contributed by atoms with van der Waals surface area (Å²) in [6, 6.07) is 16.5. The molecular formula is C18H17N. The minimum Gasteiger partial charge on any atom is -0.292 e. The van der Waals surface area contributed by atoms with Gasteiger partial charge in [0.25, 0.3) is 0 Å². The number of hydrogen-bond donors (Lipinski definition) is 0. The molecule has 0 N–H and O–H groups in total. The number of benzene rings is 2. The quantitative estimate of drug-likeness (QED) is 0.629. The van der Waals surface area contributed by atoms with Crippen molar-refractivity contribution in [3.8, 4) is 11.8 Å². The molecule has 1 heteroatoms. The third-order valence-corrected chi connectivity index (χ3v) is 3.21. The van der Waals surface area contributed by atoms with E-state index in [1.165, 1.54) is 5.56 Å². The van der Waals surface area contributed by atoms with Crippen molar-refractivity contribution < 1.29 is 0 Å². The molecule has 0 heterocycles. The molecule has 1 aliphatic carbocycles. The predicted octanol–water partition coefficient (Wildman–Crippen LogP) is 3.70. The van der Waals surface area contributed by atoms with Crippen molar-refractivity contribution in [2.75, 3.05) is 7.05 Å². The number of aliphatic imine (C=N–C) groups is 1. The van der Waals surface area contributed by atoms with Gasteiger partial charge in [-0.2, -0.15) is 0 Å². The summed E-state index contributed by atoms with van der Waals surface area (Å²) in [7, 11) is 1.85. The van der Waals surface area contributed by atoms with E-state index in [2.05, 4.69) is 47.2 Å². The normalized spacial score (nSPS) is 14.1. The van der Waals surface area contributed by atoms with E-state index in [1.807, 2.05) is 25.2 Å². The van der Waals surface area contributed by atoms with Crippen LogP contribution in [0.1, 0.15) is 29.7 Å². The van der Waals surface area contributed by atoms with Crippen molar-refractivity contribution >= 4 is 5.71 Å². The Morgan fingerprint density at radius 3 is 2.32 bits per heavy atom. The second kappa shape index (κ2) is 5.54. The lowest BCUT2D eigenvalue weighted by molar-refractivity contribution is 1.25. The second-order valence-corrected chi connectivity index (χ2v) is 4.30. The van der Waals surface area contributed by atoms with Crippen LogP contribution in [-0.2, 0) is 6.42 Å². The van der Waals surface area contributed by atoms with Gasteiger partial charge in [0, 0.05) is 35.9 Å². The van der Waals surface area contributed by atoms with Gasteiger partial charge >= 0.3 is 0 Å². The monoisotopic (exact) mass is 247 g/mol. The van der Waals surface area contributed by atoms with Crippen LogP contribution in [0.4, 0.5) is 0 Å². The standard InChI is InChI=1S/C17H13N.CH4/c1-18-17-12-15-8-3-2-6-13(15)10-11-14-7-4-5-9-16(14)17;/h2-9H,12H2,1H3;1H4. The first-order valence-corrected chi connectivity index (χ1v) is 6.03. The van der Waals surface area contributed by atoms with Crippen molar-refractivity contribution in [3.63, 3.8) is 0 Å². The lowest BCUT2D eigenvalue weighted by atomic mass is 9.93. The van der Waals surface area contributed by atoms with Gasteiger partial charge in [0.2, 0.25) is 0 Å². The van der Waals surface area contributed by atoms with Crippen LogP contribution in [0, 0.1) is 11.8 Å². The molecule has 19 heavy (non-hydrogen) atoms. The van der Waals surface area contributed by atoms with Crippen molar-refractivity contribution in [2.24, 2.45) is 4.99 Å². The summed E-state index contributed by atoms with van der Waals surface area (Å²) in [5.41, 5.74) is 5.68. The number of fused-ring (bicyclic) bond motifs is 2. The summed E-state index contributed by atoms with van der Waals surface area (Å²) in [6.45, 7) is 0. The minimum atomic E-state index is 0. The summed E-state index contributed by atoms with van der Waals surface area (Å²) in [4.78, 5) is 4.44. The first-order chi connectivity index (χ1) is 8.88. The predicted molar refractivity (Wildman–Crippen MR) is 81.8 cm³/mol. The molecule has 0 aromatic heterocycles. The van der Waals surface area contributed by atoms with Gasteiger partial charge in [0.15, 0.2) is 0 Å². The molecule has 1 aliphatic rings. The summed E-state index contributed by atoms with van der Waals surface area (Å²) in [5, 5.41) is 0. The van der Waals surface area contributed by atoms with E-state index in [0.717, 1.165) is 28.8 Å². The van der Waals surface area contributed by atoms with Gasteiger partial charge in [-0.1, -0.05) is 55.7 Å². The van der Waals surface area contributed by atoms with Crippen LogP contribution in [0.15, 0.2) is 53.5 Å². The van der Waals surface area contributed by atoms with Crippen molar-refractivity contribution in [1.82, 2.24) is 0 Å². The SMILES string of the molecule is C.CN=C1Cc2ccccc2C#Cc2ccccc21. The molecule has 0 atom stereocenters. The highest BCUT2D eigenvalue weighted by molar-refractivity contribution is 6.04. The molecule has 2 aromatic carbocycles. The van der Waals surface area contributed by atoms with Crippen molar-refractivity contribution in [1.29, 1.82) is 0 Å². The second-order valence-electron chi connectivity index (χ2n) is 4.30. The maximum atomic E-state index is 4.44. The Morgan fingerprint density at radius 2 is 1.53 bits per heavy atom. The number of hydrogen-bond acceptors (Lipinski definition) is 1. The fourth-order valence-corrected chi connectivity index (χ4v) is 2.25. The van der Waals surface area contributed by atoms with Gasteiger partial charge in [0.05, 0.1) is 0 Å². The lowest BCUT2D eigenvalue weighted by Gasteiger charge is -2.12. The first kappa shape index (κ1) is 13.1. The first-order valence-electron chi connectivity index (χ1n) is 6.03. The zero-order chi connectivity index (χ0) is 12.4. The molecule has 0 aliphatic heterocycles. The highest BCUT2D eigenvalue weighted by Crippen LogP contribution is 2.18. The zero-order valence-corrected chi connectivity index (χ0v) is 10.3. The molecule has 94 valence electrons. The Morgan fingerprint density at radius 1 is 0.895 bits per heavy atom. The van der Waals surface area contributed by atoms with E-state index in [4.69, 9.17) is 0 Å². The van der Waals surface area contributed by atoms with E-state index in [0.29, 0.717) is 0 Å². The molecule has 0 amide bonds. The van der Waals surface area contributed by atoms with Crippen LogP contribution in [0.5, 0.6) is 0 Å². The summed E-state index contributed by atoms with van der Waals surface area (Å²) < 4.78 is 0. The third kappa shape index (κ3) is 2.44. The van der Waals surface area contributed by atoms with E-state index in [9.17, 15) is 0 Å². The molecule has 0 bridgehead atoms. The van der Waals surface area contributed by atoms with Crippen LogP contribution < -0.4 is 0 Å². The molecule has 0 radical (unpaired) electrons. The summed E-state index contributed by atoms with van der Waals surface area (Å²) in [6.07, 6.45) is 0.846. The van der Waals surface area contributed by atoms with Crippen molar-refractivity contribution in [3.05, 3.63) is 70.8 Å². The Balaban J connectivity index is 0.00000133. The Kier molecular flexibility index (Phi) is 3.82. The van der Waals surface area contributed by atoms with Crippen LogP contribution in [0.2, 0.25) is 0 Å². The fraction of sp³-hybridized carbons (Fsp3) is 0.167. The summed E-state index contributed by atoms with van der Waals surface area (Å²) in [5.74, 6) is 6.52.